The summed E-state index contributed by atoms with van der Waals surface area (Å²) in [6, 6.07) is 16.2. The summed E-state index contributed by atoms with van der Waals surface area (Å²) in [7, 11) is 0. The van der Waals surface area contributed by atoms with E-state index in [1.807, 2.05) is 30.3 Å². The van der Waals surface area contributed by atoms with Gasteiger partial charge in [-0.2, -0.15) is 0 Å². The molecule has 0 fully saturated rings. The zero-order chi connectivity index (χ0) is 15.8. The lowest BCUT2D eigenvalue weighted by Crippen LogP contribution is -2.05. The van der Waals surface area contributed by atoms with Crippen LogP contribution in [-0.2, 0) is 6.42 Å². The normalized spacial score (nSPS) is 10.7. The molecule has 22 heavy (non-hydrogen) atoms. The summed E-state index contributed by atoms with van der Waals surface area (Å²) in [5.41, 5.74) is 2.33. The molecular weight excluding hydrogens is 294 g/mol. The first-order valence-corrected chi connectivity index (χ1v) is 8.23. The van der Waals surface area contributed by atoms with Gasteiger partial charge < -0.3 is 10.1 Å². The Bertz CT molecular complexity index is 566. The first kappa shape index (κ1) is 16.7. The molecule has 118 valence electrons. The van der Waals surface area contributed by atoms with Crippen molar-refractivity contribution in [1.82, 2.24) is 0 Å². The number of benzene rings is 2. The minimum atomic E-state index is 0.544. The van der Waals surface area contributed by atoms with E-state index >= 15 is 0 Å². The van der Waals surface area contributed by atoms with E-state index in [0.717, 1.165) is 42.5 Å². The van der Waals surface area contributed by atoms with Gasteiger partial charge in [-0.3, -0.25) is 0 Å². The second-order valence-electron chi connectivity index (χ2n) is 5.85. The van der Waals surface area contributed by atoms with Crippen LogP contribution in [0.3, 0.4) is 0 Å². The molecule has 0 amide bonds. The molecule has 2 rings (SSSR count). The molecule has 0 aliphatic carbocycles. The van der Waals surface area contributed by atoms with Crippen molar-refractivity contribution in [2.45, 2.75) is 26.7 Å². The van der Waals surface area contributed by atoms with Gasteiger partial charge in [-0.05, 0) is 54.7 Å². The lowest BCUT2D eigenvalue weighted by Gasteiger charge is -2.10. The Kier molecular flexibility index (Phi) is 6.60. The van der Waals surface area contributed by atoms with Crippen LogP contribution >= 0.6 is 11.6 Å². The molecule has 3 heteroatoms. The molecule has 0 saturated heterocycles. The maximum absolute atomic E-state index is 6.16. The molecule has 0 heterocycles. The van der Waals surface area contributed by atoms with E-state index in [1.165, 1.54) is 5.56 Å². The molecule has 2 aromatic rings. The maximum Gasteiger partial charge on any atom is 0.119 e. The third-order valence-corrected chi connectivity index (χ3v) is 3.72. The van der Waals surface area contributed by atoms with Crippen molar-refractivity contribution in [3.63, 3.8) is 0 Å². The third-order valence-electron chi connectivity index (χ3n) is 3.35. The maximum atomic E-state index is 6.16. The smallest absolute Gasteiger partial charge is 0.119 e. The standard InChI is InChI=1S/C19H24ClNO/c1-15(2)14-22-18-11-9-17(10-12-18)21-13-5-7-16-6-3-4-8-19(16)20/h3-4,6,8-12,15,21H,5,7,13-14H2,1-2H3. The zero-order valence-corrected chi connectivity index (χ0v) is 14.1. The summed E-state index contributed by atoms with van der Waals surface area (Å²) in [5.74, 6) is 1.47. The van der Waals surface area contributed by atoms with Crippen LogP contribution in [0.4, 0.5) is 5.69 Å². The average Bonchev–Trinajstić information content (AvgIpc) is 2.52. The molecule has 0 saturated carbocycles. The van der Waals surface area contributed by atoms with Gasteiger partial charge in [0.2, 0.25) is 0 Å². The lowest BCUT2D eigenvalue weighted by molar-refractivity contribution is 0.271. The van der Waals surface area contributed by atoms with Crippen molar-refractivity contribution in [2.75, 3.05) is 18.5 Å². The predicted octanol–water partition coefficient (Wildman–Crippen LogP) is 5.42. The molecule has 0 aliphatic heterocycles. The van der Waals surface area contributed by atoms with E-state index in [2.05, 4.69) is 37.4 Å². The number of aryl methyl sites for hydroxylation is 1. The largest absolute Gasteiger partial charge is 0.493 e. The van der Waals surface area contributed by atoms with E-state index in [9.17, 15) is 0 Å². The molecular formula is C19H24ClNO. The number of ether oxygens (including phenoxy) is 1. The first-order valence-electron chi connectivity index (χ1n) is 7.85. The van der Waals surface area contributed by atoms with E-state index in [4.69, 9.17) is 16.3 Å². The van der Waals surface area contributed by atoms with Crippen molar-refractivity contribution in [3.8, 4) is 5.75 Å². The average molecular weight is 318 g/mol. The minimum absolute atomic E-state index is 0.544. The Morgan fingerprint density at radius 2 is 1.77 bits per heavy atom. The number of rotatable bonds is 8. The number of hydrogen-bond acceptors (Lipinski definition) is 2. The van der Waals surface area contributed by atoms with E-state index in [-0.39, 0.29) is 0 Å². The predicted molar refractivity (Wildman–Crippen MR) is 95.0 cm³/mol. The van der Waals surface area contributed by atoms with Crippen LogP contribution in [0.15, 0.2) is 48.5 Å². The summed E-state index contributed by atoms with van der Waals surface area (Å²) >= 11 is 6.16. The van der Waals surface area contributed by atoms with Crippen molar-refractivity contribution in [3.05, 3.63) is 59.1 Å². The van der Waals surface area contributed by atoms with E-state index in [1.54, 1.807) is 0 Å². The van der Waals surface area contributed by atoms with Crippen LogP contribution in [0, 0.1) is 5.92 Å². The highest BCUT2D eigenvalue weighted by Crippen LogP contribution is 2.18. The van der Waals surface area contributed by atoms with Crippen LogP contribution in [0.25, 0.3) is 0 Å². The van der Waals surface area contributed by atoms with Crippen molar-refractivity contribution in [1.29, 1.82) is 0 Å². The number of halogens is 1. The van der Waals surface area contributed by atoms with Crippen LogP contribution in [0.2, 0.25) is 5.02 Å². The summed E-state index contributed by atoms with van der Waals surface area (Å²) in [4.78, 5) is 0. The molecule has 0 aliphatic rings. The Morgan fingerprint density at radius 3 is 2.45 bits per heavy atom. The van der Waals surface area contributed by atoms with Gasteiger partial charge in [0, 0.05) is 17.3 Å². The third kappa shape index (κ3) is 5.61. The Hall–Kier alpha value is -1.67. The molecule has 1 N–H and O–H groups in total. The van der Waals surface area contributed by atoms with Crippen molar-refractivity contribution < 1.29 is 4.74 Å². The molecule has 2 aromatic carbocycles. The first-order chi connectivity index (χ1) is 10.6. The number of hydrogen-bond donors (Lipinski definition) is 1. The highest BCUT2D eigenvalue weighted by atomic mass is 35.5. The van der Waals surface area contributed by atoms with Crippen LogP contribution in [0.5, 0.6) is 5.75 Å². The molecule has 0 spiro atoms. The SMILES string of the molecule is CC(C)COc1ccc(NCCCc2ccccc2Cl)cc1. The topological polar surface area (TPSA) is 21.3 Å². The molecule has 0 bridgehead atoms. The zero-order valence-electron chi connectivity index (χ0n) is 13.3. The Labute approximate surface area is 138 Å². The fourth-order valence-electron chi connectivity index (χ4n) is 2.14. The number of nitrogens with one attached hydrogen (secondary N) is 1. The van der Waals surface area contributed by atoms with E-state index < -0.39 is 0 Å². The second-order valence-corrected chi connectivity index (χ2v) is 6.26. The van der Waals surface area contributed by atoms with Gasteiger partial charge in [0.05, 0.1) is 6.61 Å². The summed E-state index contributed by atoms with van der Waals surface area (Å²) in [5, 5.41) is 4.28. The second kappa shape index (κ2) is 8.70. The van der Waals surface area contributed by atoms with E-state index in [0.29, 0.717) is 5.92 Å². The lowest BCUT2D eigenvalue weighted by atomic mass is 10.1. The summed E-state index contributed by atoms with van der Waals surface area (Å²) in [6.45, 7) is 5.98. The van der Waals surface area contributed by atoms with Crippen LogP contribution < -0.4 is 10.1 Å². The highest BCUT2D eigenvalue weighted by molar-refractivity contribution is 6.31. The molecule has 0 radical (unpaired) electrons. The van der Waals surface area contributed by atoms with Gasteiger partial charge in [-0.1, -0.05) is 43.6 Å². The van der Waals surface area contributed by atoms with Gasteiger partial charge in [0.25, 0.3) is 0 Å². The highest BCUT2D eigenvalue weighted by Gasteiger charge is 2.00. The monoisotopic (exact) mass is 317 g/mol. The van der Waals surface area contributed by atoms with Gasteiger partial charge in [-0.15, -0.1) is 0 Å². The molecule has 0 unspecified atom stereocenters. The van der Waals surface area contributed by atoms with Crippen molar-refractivity contribution in [2.24, 2.45) is 5.92 Å². The van der Waals surface area contributed by atoms with Gasteiger partial charge in [0.15, 0.2) is 0 Å². The van der Waals surface area contributed by atoms with Crippen molar-refractivity contribution >= 4 is 17.3 Å². The van der Waals surface area contributed by atoms with Gasteiger partial charge in [-0.25, -0.2) is 0 Å². The fraction of sp³-hybridized carbons (Fsp3) is 0.368. The summed E-state index contributed by atoms with van der Waals surface area (Å²) < 4.78 is 5.68. The summed E-state index contributed by atoms with van der Waals surface area (Å²) in [6.07, 6.45) is 2.04. The molecule has 0 atom stereocenters. The minimum Gasteiger partial charge on any atom is -0.493 e. The quantitative estimate of drug-likeness (QED) is 0.656. The fourth-order valence-corrected chi connectivity index (χ4v) is 2.37. The van der Waals surface area contributed by atoms with Gasteiger partial charge in [0.1, 0.15) is 5.75 Å². The molecule has 0 aromatic heterocycles. The van der Waals surface area contributed by atoms with Gasteiger partial charge >= 0.3 is 0 Å². The van der Waals surface area contributed by atoms with Crippen LogP contribution in [-0.4, -0.2) is 13.2 Å². The Balaban J connectivity index is 1.72. The molecule has 2 nitrogen and oxygen atoms in total. The van der Waals surface area contributed by atoms with Crippen LogP contribution in [0.1, 0.15) is 25.8 Å². The Morgan fingerprint density at radius 1 is 1.05 bits per heavy atom. The number of anilines is 1.